The Hall–Kier alpha value is -5.52. The number of carboxylic acids is 2. The topological polar surface area (TPSA) is 164 Å². The molecule has 0 saturated carbocycles. The first-order valence-corrected chi connectivity index (χ1v) is 16.1. The molecule has 2 N–H and O–H groups in total. The molecule has 2 rings (SSSR count). The van der Waals surface area contributed by atoms with Crippen LogP contribution in [0.25, 0.3) is 0 Å². The number of esters is 2. The van der Waals surface area contributed by atoms with Crippen molar-refractivity contribution >= 4 is 23.9 Å². The summed E-state index contributed by atoms with van der Waals surface area (Å²) in [5.74, 6) is -1.03. The van der Waals surface area contributed by atoms with Gasteiger partial charge in [-0.3, -0.25) is 0 Å². The quantitative estimate of drug-likeness (QED) is 0.0985. The molecule has 0 amide bonds. The number of benzene rings is 2. The molecule has 0 aliphatic rings. The molecule has 2 aromatic rings. The van der Waals surface area contributed by atoms with Gasteiger partial charge in [-0.05, 0) is 67.5 Å². The Morgan fingerprint density at radius 1 is 0.529 bits per heavy atom. The second kappa shape index (κ2) is 21.5. The molecule has 0 heterocycles. The summed E-state index contributed by atoms with van der Waals surface area (Å²) in [6.45, 7) is 32.4. The summed E-state index contributed by atoms with van der Waals surface area (Å²) in [5.41, 5.74) is 1.66. The zero-order valence-corrected chi connectivity index (χ0v) is 31.4. The van der Waals surface area contributed by atoms with E-state index in [1.54, 1.807) is 26.0 Å². The van der Waals surface area contributed by atoms with E-state index in [4.69, 9.17) is 38.6 Å². The highest BCUT2D eigenvalue weighted by Gasteiger charge is 2.35. The molecule has 280 valence electrons. The van der Waals surface area contributed by atoms with Gasteiger partial charge in [0.2, 0.25) is 11.5 Å². The maximum atomic E-state index is 12.3. The summed E-state index contributed by atoms with van der Waals surface area (Å²) in [4.78, 5) is 43.8. The van der Waals surface area contributed by atoms with Gasteiger partial charge in [0.1, 0.15) is 0 Å². The first-order chi connectivity index (χ1) is 23.7. The molecule has 12 heteroatoms. The largest absolute Gasteiger partial charge is 0.490 e. The highest BCUT2D eigenvalue weighted by molar-refractivity contribution is 5.90. The molecule has 0 radical (unpaired) electrons. The number of carboxylic acid groups (broad SMARTS) is 2. The third-order valence-corrected chi connectivity index (χ3v) is 6.49. The van der Waals surface area contributed by atoms with E-state index in [0.29, 0.717) is 49.4 Å². The Morgan fingerprint density at radius 3 is 1.00 bits per heavy atom. The van der Waals surface area contributed by atoms with Crippen LogP contribution >= 0.6 is 0 Å². The van der Waals surface area contributed by atoms with E-state index in [0.717, 1.165) is 11.1 Å². The highest BCUT2D eigenvalue weighted by atomic mass is 16.6. The van der Waals surface area contributed by atoms with E-state index in [1.165, 1.54) is 13.8 Å². The van der Waals surface area contributed by atoms with Gasteiger partial charge in [-0.25, -0.2) is 19.2 Å². The van der Waals surface area contributed by atoms with Crippen molar-refractivity contribution in [2.45, 2.75) is 74.7 Å². The second-order valence-corrected chi connectivity index (χ2v) is 11.4. The Labute approximate surface area is 301 Å². The van der Waals surface area contributed by atoms with Crippen molar-refractivity contribution in [3.63, 3.8) is 0 Å². The van der Waals surface area contributed by atoms with Gasteiger partial charge < -0.3 is 38.6 Å². The van der Waals surface area contributed by atoms with Gasteiger partial charge in [-0.15, -0.1) is 0 Å². The standard InChI is InChI=1S/C31H40O8.2C4H6O2/c1-11-34-25-21(15-17-23(27(25)36-13-3)38-29(32)19(5)6)31(9,10)22-16-18-24(39-30(33)20(7)8)28(37-14-4)26(22)35-12-2;2*1-3(2)4(5)6/h15-18H,5,7,11-14H2,1-4,6,8-10H3;2*1H2,2H3,(H,5,6). The van der Waals surface area contributed by atoms with Crippen molar-refractivity contribution in [3.8, 4) is 34.5 Å². The average molecular weight is 713 g/mol. The number of aliphatic carboxylic acids is 2. The lowest BCUT2D eigenvalue weighted by Gasteiger charge is -2.32. The number of carbonyl (C=O) groups excluding carboxylic acids is 2. The Balaban J connectivity index is 0.00000178. The van der Waals surface area contributed by atoms with Crippen LogP contribution in [0.3, 0.4) is 0 Å². The van der Waals surface area contributed by atoms with E-state index in [1.807, 2.05) is 53.7 Å². The van der Waals surface area contributed by atoms with Crippen LogP contribution in [0.15, 0.2) is 72.9 Å². The summed E-state index contributed by atoms with van der Waals surface area (Å²) in [7, 11) is 0. The van der Waals surface area contributed by atoms with Crippen LogP contribution in [-0.2, 0) is 24.6 Å². The third kappa shape index (κ3) is 13.7. The zero-order chi connectivity index (χ0) is 39.6. The molecular weight excluding hydrogens is 660 g/mol. The summed E-state index contributed by atoms with van der Waals surface area (Å²) in [6.07, 6.45) is 0. The van der Waals surface area contributed by atoms with Crippen LogP contribution in [0.5, 0.6) is 34.5 Å². The van der Waals surface area contributed by atoms with Crippen molar-refractivity contribution in [2.75, 3.05) is 26.4 Å². The molecule has 51 heavy (non-hydrogen) atoms. The number of ether oxygens (including phenoxy) is 6. The van der Waals surface area contributed by atoms with Crippen LogP contribution in [0, 0.1) is 0 Å². The SMILES string of the molecule is C=C(C)C(=O)O.C=C(C)C(=O)O.C=C(C)C(=O)Oc1ccc(C(C)(C)c2ccc(OC(=O)C(=C)C)c(OCC)c2OCC)c(OCC)c1OCC. The lowest BCUT2D eigenvalue weighted by atomic mass is 9.76. The highest BCUT2D eigenvalue weighted by Crippen LogP contribution is 2.52. The molecule has 0 aliphatic carbocycles. The minimum atomic E-state index is -0.935. The van der Waals surface area contributed by atoms with Crippen LogP contribution in [0.1, 0.15) is 80.4 Å². The predicted molar refractivity (Wildman–Crippen MR) is 195 cm³/mol. The Morgan fingerprint density at radius 2 is 0.784 bits per heavy atom. The fourth-order valence-corrected chi connectivity index (χ4v) is 3.89. The van der Waals surface area contributed by atoms with Gasteiger partial charge in [0.25, 0.3) is 0 Å². The monoisotopic (exact) mass is 712 g/mol. The van der Waals surface area contributed by atoms with Crippen molar-refractivity contribution in [1.82, 2.24) is 0 Å². The van der Waals surface area contributed by atoms with Crippen molar-refractivity contribution in [3.05, 3.63) is 84.0 Å². The van der Waals surface area contributed by atoms with Crippen molar-refractivity contribution in [2.24, 2.45) is 0 Å². The fourth-order valence-electron chi connectivity index (χ4n) is 3.89. The first kappa shape index (κ1) is 45.5. The maximum absolute atomic E-state index is 12.3. The molecule has 0 saturated heterocycles. The second-order valence-electron chi connectivity index (χ2n) is 11.4. The molecule has 0 bridgehead atoms. The van der Waals surface area contributed by atoms with Gasteiger partial charge >= 0.3 is 23.9 Å². The minimum absolute atomic E-state index is 0.176. The first-order valence-electron chi connectivity index (χ1n) is 16.1. The van der Waals surface area contributed by atoms with Crippen molar-refractivity contribution < 1.29 is 57.8 Å². The number of carbonyl (C=O) groups is 4. The molecule has 2 aromatic carbocycles. The average Bonchev–Trinajstić information content (AvgIpc) is 3.04. The molecule has 0 unspecified atom stereocenters. The number of rotatable bonds is 16. The minimum Gasteiger partial charge on any atom is -0.490 e. The van der Waals surface area contributed by atoms with Crippen LogP contribution in [0.2, 0.25) is 0 Å². The fraction of sp³-hybridized carbons (Fsp3) is 0.385. The number of hydrogen-bond donors (Lipinski definition) is 2. The lowest BCUT2D eigenvalue weighted by molar-refractivity contribution is -0.133. The molecule has 0 spiro atoms. The summed E-state index contributed by atoms with van der Waals surface area (Å²) < 4.78 is 35.2. The summed E-state index contributed by atoms with van der Waals surface area (Å²) in [5, 5.41) is 15.8. The third-order valence-electron chi connectivity index (χ3n) is 6.49. The molecule has 0 fully saturated rings. The van der Waals surface area contributed by atoms with Crippen LogP contribution in [0.4, 0.5) is 0 Å². The van der Waals surface area contributed by atoms with Gasteiger partial charge in [0.05, 0.1) is 26.4 Å². The smallest absolute Gasteiger partial charge is 0.338 e. The molecule has 0 aliphatic heterocycles. The Bertz CT molecular complexity index is 1470. The zero-order valence-electron chi connectivity index (χ0n) is 31.4. The predicted octanol–water partition coefficient (Wildman–Crippen LogP) is 7.86. The van der Waals surface area contributed by atoms with Crippen LogP contribution in [-0.4, -0.2) is 60.5 Å². The number of hydrogen-bond acceptors (Lipinski definition) is 10. The molecule has 12 nitrogen and oxygen atoms in total. The van der Waals surface area contributed by atoms with E-state index in [2.05, 4.69) is 26.3 Å². The Kier molecular flexibility index (Phi) is 19.2. The van der Waals surface area contributed by atoms with Gasteiger partial charge in [0, 0.05) is 38.8 Å². The van der Waals surface area contributed by atoms with Gasteiger partial charge in [-0.1, -0.05) is 52.3 Å². The maximum Gasteiger partial charge on any atom is 0.338 e. The van der Waals surface area contributed by atoms with E-state index in [-0.39, 0.29) is 33.8 Å². The molecule has 0 atom stereocenters. The van der Waals surface area contributed by atoms with E-state index < -0.39 is 29.3 Å². The van der Waals surface area contributed by atoms with Crippen LogP contribution < -0.4 is 28.4 Å². The summed E-state index contributed by atoms with van der Waals surface area (Å²) in [6, 6.07) is 7.02. The lowest BCUT2D eigenvalue weighted by Crippen LogP contribution is -2.23. The normalized spacial score (nSPS) is 10.1. The molecular formula is C39H52O12. The van der Waals surface area contributed by atoms with Gasteiger partial charge in [-0.2, -0.15) is 0 Å². The van der Waals surface area contributed by atoms with E-state index >= 15 is 0 Å². The summed E-state index contributed by atoms with van der Waals surface area (Å²) >= 11 is 0. The van der Waals surface area contributed by atoms with E-state index in [9.17, 15) is 19.2 Å². The van der Waals surface area contributed by atoms with Gasteiger partial charge in [0.15, 0.2) is 23.0 Å². The molecule has 0 aromatic heterocycles. The van der Waals surface area contributed by atoms with Crippen molar-refractivity contribution in [1.29, 1.82) is 0 Å².